The molecular formula is C28H32O4. The van der Waals surface area contributed by atoms with E-state index in [4.69, 9.17) is 4.74 Å². The van der Waals surface area contributed by atoms with Crippen LogP contribution >= 0.6 is 0 Å². The predicted molar refractivity (Wildman–Crippen MR) is 121 cm³/mol. The van der Waals surface area contributed by atoms with E-state index in [-0.39, 0.29) is 28.7 Å². The first-order valence-corrected chi connectivity index (χ1v) is 12.4. The second-order valence-corrected chi connectivity index (χ2v) is 11.3. The van der Waals surface area contributed by atoms with Crippen molar-refractivity contribution in [2.75, 3.05) is 0 Å². The zero-order valence-corrected chi connectivity index (χ0v) is 19.2. The van der Waals surface area contributed by atoms with Crippen molar-refractivity contribution in [3.05, 3.63) is 46.6 Å². The van der Waals surface area contributed by atoms with Crippen molar-refractivity contribution < 1.29 is 19.1 Å². The van der Waals surface area contributed by atoms with E-state index in [0.29, 0.717) is 18.6 Å². The van der Waals surface area contributed by atoms with Crippen LogP contribution in [-0.4, -0.2) is 23.6 Å². The fourth-order valence-corrected chi connectivity index (χ4v) is 7.94. The van der Waals surface area contributed by atoms with E-state index in [1.54, 1.807) is 12.2 Å². The second-order valence-electron chi connectivity index (χ2n) is 11.3. The summed E-state index contributed by atoms with van der Waals surface area (Å²) in [4.78, 5) is 39.3. The standard InChI is InChI=1S/C28H32O4/c1-26-11-8-22-24-20(25(31)32-19-5-3-4-6-19)16-17-15-18(29)7-13-27(17,2)21(24)9-14-28(22,26)23(30)10-12-26/h7-8,13,15,19-20H,3-6,9-12,14,16H2,1-2H3/t20-,26+,27?,28?/m1/s1. The van der Waals surface area contributed by atoms with Gasteiger partial charge in [-0.1, -0.05) is 30.2 Å². The van der Waals surface area contributed by atoms with Crippen LogP contribution < -0.4 is 0 Å². The Hall–Kier alpha value is -2.23. The Morgan fingerprint density at radius 3 is 2.66 bits per heavy atom. The number of esters is 1. The van der Waals surface area contributed by atoms with E-state index >= 15 is 0 Å². The van der Waals surface area contributed by atoms with Gasteiger partial charge in [-0.25, -0.2) is 0 Å². The molecule has 0 N–H and O–H groups in total. The van der Waals surface area contributed by atoms with Crippen molar-refractivity contribution in [1.29, 1.82) is 0 Å². The summed E-state index contributed by atoms with van der Waals surface area (Å²) in [5.74, 6) is -0.218. The number of Topliss-reactive ketones (excluding diaryl/α,β-unsaturated/α-hetero) is 1. The largest absolute Gasteiger partial charge is 0.462 e. The number of ketones is 2. The molecule has 0 heterocycles. The molecule has 2 saturated carbocycles. The number of rotatable bonds is 2. The van der Waals surface area contributed by atoms with Crippen LogP contribution in [0.2, 0.25) is 0 Å². The van der Waals surface area contributed by atoms with Crippen molar-refractivity contribution in [1.82, 2.24) is 0 Å². The molecule has 0 aliphatic heterocycles. The van der Waals surface area contributed by atoms with Crippen LogP contribution in [0.1, 0.15) is 78.1 Å². The number of hydrogen-bond acceptors (Lipinski definition) is 4. The van der Waals surface area contributed by atoms with Gasteiger partial charge >= 0.3 is 5.97 Å². The molecule has 4 atom stereocenters. The van der Waals surface area contributed by atoms with Crippen molar-refractivity contribution in [2.45, 2.75) is 84.2 Å². The monoisotopic (exact) mass is 432 g/mol. The average Bonchev–Trinajstić information content (AvgIpc) is 3.44. The first-order valence-electron chi connectivity index (χ1n) is 12.4. The Balaban J connectivity index is 1.50. The highest BCUT2D eigenvalue weighted by atomic mass is 16.5. The predicted octanol–water partition coefficient (Wildman–Crippen LogP) is 5.34. The third kappa shape index (κ3) is 2.47. The average molecular weight is 433 g/mol. The molecule has 2 fully saturated rings. The topological polar surface area (TPSA) is 60.4 Å². The van der Waals surface area contributed by atoms with Crippen LogP contribution in [0.25, 0.3) is 0 Å². The fraction of sp³-hybridized carbons (Fsp3) is 0.607. The minimum absolute atomic E-state index is 0.00431. The van der Waals surface area contributed by atoms with Crippen LogP contribution in [0.5, 0.6) is 0 Å². The Labute approximate surface area is 189 Å². The van der Waals surface area contributed by atoms with E-state index in [1.807, 2.05) is 6.08 Å². The molecule has 6 aliphatic rings. The lowest BCUT2D eigenvalue weighted by molar-refractivity contribution is -0.152. The van der Waals surface area contributed by atoms with E-state index in [9.17, 15) is 14.4 Å². The zero-order valence-electron chi connectivity index (χ0n) is 19.2. The number of hydrogen-bond donors (Lipinski definition) is 0. The van der Waals surface area contributed by atoms with Gasteiger partial charge in [-0.05, 0) is 93.4 Å². The minimum atomic E-state index is -0.441. The third-order valence-electron chi connectivity index (χ3n) is 9.83. The molecule has 4 heteroatoms. The Kier molecular flexibility index (Phi) is 4.23. The molecule has 6 aliphatic carbocycles. The minimum Gasteiger partial charge on any atom is -0.462 e. The summed E-state index contributed by atoms with van der Waals surface area (Å²) in [6.45, 7) is 4.45. The van der Waals surface area contributed by atoms with Crippen LogP contribution in [0.3, 0.4) is 0 Å². The molecule has 0 aromatic carbocycles. The fourth-order valence-electron chi connectivity index (χ4n) is 7.94. The molecule has 6 rings (SSSR count). The Morgan fingerprint density at radius 1 is 1.09 bits per heavy atom. The zero-order chi connectivity index (χ0) is 22.3. The van der Waals surface area contributed by atoms with Gasteiger partial charge in [0.1, 0.15) is 11.9 Å². The maximum atomic E-state index is 13.6. The van der Waals surface area contributed by atoms with E-state index < -0.39 is 11.3 Å². The van der Waals surface area contributed by atoms with E-state index in [2.05, 4.69) is 19.9 Å². The summed E-state index contributed by atoms with van der Waals surface area (Å²) in [5, 5.41) is 0. The summed E-state index contributed by atoms with van der Waals surface area (Å²) in [6, 6.07) is 0. The summed E-state index contributed by atoms with van der Waals surface area (Å²) in [5.41, 5.74) is 3.63. The molecule has 0 radical (unpaired) electrons. The summed E-state index contributed by atoms with van der Waals surface area (Å²) in [7, 11) is 0. The third-order valence-corrected chi connectivity index (χ3v) is 9.83. The highest BCUT2D eigenvalue weighted by Crippen LogP contribution is 2.70. The van der Waals surface area contributed by atoms with Gasteiger partial charge in [-0.3, -0.25) is 14.4 Å². The molecule has 0 bridgehead atoms. The summed E-state index contributed by atoms with van der Waals surface area (Å²) >= 11 is 0. The molecule has 32 heavy (non-hydrogen) atoms. The quantitative estimate of drug-likeness (QED) is 0.553. The number of carbonyl (C=O) groups is 3. The van der Waals surface area contributed by atoms with Gasteiger partial charge in [0, 0.05) is 11.8 Å². The van der Waals surface area contributed by atoms with Gasteiger partial charge in [0.25, 0.3) is 0 Å². The molecule has 168 valence electrons. The molecule has 0 aromatic rings. The van der Waals surface area contributed by atoms with E-state index in [1.165, 1.54) is 5.57 Å². The van der Waals surface area contributed by atoms with Crippen LogP contribution in [0.4, 0.5) is 0 Å². The molecule has 4 nitrogen and oxygen atoms in total. The maximum absolute atomic E-state index is 13.6. The van der Waals surface area contributed by atoms with Crippen molar-refractivity contribution in [3.63, 3.8) is 0 Å². The summed E-state index contributed by atoms with van der Waals surface area (Å²) < 4.78 is 6.03. The number of allylic oxidation sites excluding steroid dienone is 7. The van der Waals surface area contributed by atoms with Crippen LogP contribution in [0.15, 0.2) is 46.6 Å². The lowest BCUT2D eigenvalue weighted by atomic mass is 9.51. The molecule has 1 spiro atoms. The van der Waals surface area contributed by atoms with Crippen molar-refractivity contribution in [2.24, 2.45) is 22.2 Å². The number of fused-ring (bicyclic) bond motifs is 3. The molecule has 0 aromatic heterocycles. The number of carbonyl (C=O) groups excluding carboxylic acids is 3. The highest BCUT2D eigenvalue weighted by molar-refractivity contribution is 6.02. The molecule has 0 amide bonds. The molecule has 2 unspecified atom stereocenters. The Bertz CT molecular complexity index is 1060. The molecule has 0 saturated heterocycles. The van der Waals surface area contributed by atoms with Crippen molar-refractivity contribution in [3.8, 4) is 0 Å². The highest BCUT2D eigenvalue weighted by Gasteiger charge is 2.65. The first-order chi connectivity index (χ1) is 15.3. The Morgan fingerprint density at radius 2 is 1.88 bits per heavy atom. The summed E-state index contributed by atoms with van der Waals surface area (Å²) in [6.07, 6.45) is 16.4. The van der Waals surface area contributed by atoms with Gasteiger partial charge in [0.2, 0.25) is 0 Å². The van der Waals surface area contributed by atoms with Gasteiger partial charge in [0.05, 0.1) is 11.3 Å². The molecular weight excluding hydrogens is 400 g/mol. The SMILES string of the molecule is CC12C=CC(=O)C=C1C[C@@H](C(=O)OC1CCCC1)C1=C2CCC23C(=O)CC[C@]2(C)CC=C13. The van der Waals surface area contributed by atoms with Gasteiger partial charge in [-0.15, -0.1) is 0 Å². The van der Waals surface area contributed by atoms with Crippen LogP contribution in [0, 0.1) is 22.2 Å². The maximum Gasteiger partial charge on any atom is 0.314 e. The second kappa shape index (κ2) is 6.65. The van der Waals surface area contributed by atoms with Gasteiger partial charge in [-0.2, -0.15) is 0 Å². The normalized spacial score (nSPS) is 40.5. The number of ether oxygens (including phenoxy) is 1. The lowest BCUT2D eigenvalue weighted by Gasteiger charge is -2.51. The van der Waals surface area contributed by atoms with E-state index in [0.717, 1.165) is 68.1 Å². The lowest BCUT2D eigenvalue weighted by Crippen LogP contribution is -2.46. The van der Waals surface area contributed by atoms with Crippen molar-refractivity contribution >= 4 is 17.5 Å². The van der Waals surface area contributed by atoms with Crippen LogP contribution in [-0.2, 0) is 19.1 Å². The van der Waals surface area contributed by atoms with Gasteiger partial charge in [0.15, 0.2) is 5.78 Å². The first kappa shape index (κ1) is 20.4. The smallest absolute Gasteiger partial charge is 0.314 e. The van der Waals surface area contributed by atoms with Gasteiger partial charge < -0.3 is 4.74 Å².